The third kappa shape index (κ3) is 1.35. The monoisotopic (exact) mass is 228 g/mol. The van der Waals surface area contributed by atoms with Crippen LogP contribution >= 0.6 is 8.46 Å². The molecule has 2 nitrogen and oxygen atoms in total. The van der Waals surface area contributed by atoms with Crippen molar-refractivity contribution in [1.29, 1.82) is 0 Å². The van der Waals surface area contributed by atoms with Crippen LogP contribution in [0.5, 0.6) is 5.75 Å². The zero-order valence-corrected chi connectivity index (χ0v) is 9.35. The molecule has 0 N–H and O–H groups in total. The molecule has 16 heavy (non-hydrogen) atoms. The second kappa shape index (κ2) is 3.73. The Morgan fingerprint density at radius 3 is 2.44 bits per heavy atom. The van der Waals surface area contributed by atoms with Crippen LogP contribution in [-0.2, 0) is 4.57 Å². The summed E-state index contributed by atoms with van der Waals surface area (Å²) in [6, 6.07) is 15.7. The standard InChI is InChI=1S/C13H9O2P/c14-16-13-11-7-2-1-5-9(11)10-6-3-4-8-12(10)15-13/h1-8,13H. The first-order valence-electron chi connectivity index (χ1n) is 5.07. The molecule has 1 aliphatic rings. The second-order valence-corrected chi connectivity index (χ2v) is 4.34. The molecule has 3 heteroatoms. The van der Waals surface area contributed by atoms with Gasteiger partial charge in [0.1, 0.15) is 5.75 Å². The third-order valence-corrected chi connectivity index (χ3v) is 3.31. The van der Waals surface area contributed by atoms with Crippen molar-refractivity contribution in [3.63, 3.8) is 0 Å². The average Bonchev–Trinajstić information content (AvgIpc) is 2.38. The summed E-state index contributed by atoms with van der Waals surface area (Å²) < 4.78 is 16.8. The minimum absolute atomic E-state index is 0.00320. The fourth-order valence-electron chi connectivity index (χ4n) is 2.01. The van der Waals surface area contributed by atoms with E-state index in [1.807, 2.05) is 48.5 Å². The molecule has 78 valence electrons. The van der Waals surface area contributed by atoms with Gasteiger partial charge in [-0.05, 0) is 11.6 Å². The van der Waals surface area contributed by atoms with Crippen LogP contribution in [0.15, 0.2) is 48.5 Å². The molecule has 0 saturated carbocycles. The summed E-state index contributed by atoms with van der Waals surface area (Å²) in [7, 11) is -0.00320. The molecule has 2 aromatic carbocycles. The van der Waals surface area contributed by atoms with Crippen molar-refractivity contribution in [2.75, 3.05) is 0 Å². The van der Waals surface area contributed by atoms with Gasteiger partial charge in [-0.15, -0.1) is 0 Å². The lowest BCUT2D eigenvalue weighted by Crippen LogP contribution is -2.08. The predicted molar refractivity (Wildman–Crippen MR) is 62.9 cm³/mol. The maximum atomic E-state index is 11.1. The van der Waals surface area contributed by atoms with E-state index in [1.165, 1.54) is 0 Å². The van der Waals surface area contributed by atoms with Crippen molar-refractivity contribution in [2.24, 2.45) is 0 Å². The van der Waals surface area contributed by atoms with Crippen LogP contribution in [0.3, 0.4) is 0 Å². The van der Waals surface area contributed by atoms with Crippen LogP contribution in [0.1, 0.15) is 11.4 Å². The third-order valence-electron chi connectivity index (χ3n) is 2.74. The van der Waals surface area contributed by atoms with Gasteiger partial charge in [0.2, 0.25) is 14.3 Å². The topological polar surface area (TPSA) is 26.3 Å². The molecule has 0 radical (unpaired) electrons. The van der Waals surface area contributed by atoms with E-state index in [9.17, 15) is 4.57 Å². The first kappa shape index (κ1) is 9.56. The smallest absolute Gasteiger partial charge is 0.205 e. The van der Waals surface area contributed by atoms with Gasteiger partial charge in [0.25, 0.3) is 0 Å². The molecule has 0 spiro atoms. The molecule has 3 rings (SSSR count). The van der Waals surface area contributed by atoms with E-state index in [0.717, 1.165) is 22.4 Å². The Hall–Kier alpha value is -1.66. The van der Waals surface area contributed by atoms with Crippen LogP contribution in [0.25, 0.3) is 11.1 Å². The van der Waals surface area contributed by atoms with E-state index in [-0.39, 0.29) is 14.3 Å². The van der Waals surface area contributed by atoms with Gasteiger partial charge in [-0.3, -0.25) is 4.57 Å². The quantitative estimate of drug-likeness (QED) is 0.688. The fraction of sp³-hybridized carbons (Fsp3) is 0.0769. The Labute approximate surface area is 95.1 Å². The SMILES string of the molecule is O=PC1Oc2ccccc2-c2ccccc21. The molecule has 2 aromatic rings. The average molecular weight is 228 g/mol. The van der Waals surface area contributed by atoms with Gasteiger partial charge in [-0.1, -0.05) is 42.5 Å². The highest BCUT2D eigenvalue weighted by molar-refractivity contribution is 7.24. The normalized spacial score (nSPS) is 17.4. The van der Waals surface area contributed by atoms with Gasteiger partial charge < -0.3 is 4.74 Å². The summed E-state index contributed by atoms with van der Waals surface area (Å²) >= 11 is 0. The molecule has 0 bridgehead atoms. The second-order valence-electron chi connectivity index (χ2n) is 3.66. The maximum Gasteiger partial charge on any atom is 0.205 e. The molecule has 0 aliphatic carbocycles. The number of ether oxygens (including phenoxy) is 1. The minimum atomic E-state index is -0.383. The van der Waals surface area contributed by atoms with Gasteiger partial charge in [0, 0.05) is 11.1 Å². The molecule has 0 fully saturated rings. The number of hydrogen-bond donors (Lipinski definition) is 0. The highest BCUT2D eigenvalue weighted by Crippen LogP contribution is 2.45. The number of benzene rings is 2. The van der Waals surface area contributed by atoms with Crippen molar-refractivity contribution in [3.8, 4) is 16.9 Å². The van der Waals surface area contributed by atoms with Crippen molar-refractivity contribution in [3.05, 3.63) is 54.1 Å². The first-order valence-corrected chi connectivity index (χ1v) is 5.96. The van der Waals surface area contributed by atoms with Gasteiger partial charge >= 0.3 is 0 Å². The van der Waals surface area contributed by atoms with Crippen molar-refractivity contribution >= 4 is 8.46 Å². The van der Waals surface area contributed by atoms with E-state index in [1.54, 1.807) is 0 Å². The molecule has 0 aromatic heterocycles. The summed E-state index contributed by atoms with van der Waals surface area (Å²) in [5.74, 6) is 0.417. The number of fused-ring (bicyclic) bond motifs is 3. The maximum absolute atomic E-state index is 11.1. The van der Waals surface area contributed by atoms with E-state index < -0.39 is 0 Å². The van der Waals surface area contributed by atoms with Crippen LogP contribution < -0.4 is 4.74 Å². The van der Waals surface area contributed by atoms with Crippen molar-refractivity contribution < 1.29 is 9.30 Å². The lowest BCUT2D eigenvalue weighted by Gasteiger charge is -2.24. The Morgan fingerprint density at radius 1 is 0.938 bits per heavy atom. The first-order chi connectivity index (χ1) is 7.90. The number of hydrogen-bond acceptors (Lipinski definition) is 2. The Balaban J connectivity index is 2.28. The summed E-state index contributed by atoms with van der Waals surface area (Å²) in [6.07, 6.45) is 0. The molecule has 1 atom stereocenters. The molecular weight excluding hydrogens is 219 g/mol. The highest BCUT2D eigenvalue weighted by atomic mass is 31.1. The van der Waals surface area contributed by atoms with Gasteiger partial charge in [-0.2, -0.15) is 0 Å². The van der Waals surface area contributed by atoms with E-state index in [4.69, 9.17) is 4.74 Å². The van der Waals surface area contributed by atoms with Crippen LogP contribution in [0.2, 0.25) is 0 Å². The molecular formula is C13H9O2P. The van der Waals surface area contributed by atoms with Crippen LogP contribution in [0.4, 0.5) is 0 Å². The Morgan fingerprint density at radius 2 is 1.62 bits per heavy atom. The highest BCUT2D eigenvalue weighted by Gasteiger charge is 2.25. The predicted octanol–water partition coefficient (Wildman–Crippen LogP) is 4.04. The molecule has 0 saturated heterocycles. The fourth-order valence-corrected chi connectivity index (χ4v) is 2.51. The van der Waals surface area contributed by atoms with E-state index in [2.05, 4.69) is 0 Å². The van der Waals surface area contributed by atoms with Gasteiger partial charge in [-0.25, -0.2) is 0 Å². The van der Waals surface area contributed by atoms with Gasteiger partial charge in [0.05, 0.1) is 0 Å². The molecule has 0 amide bonds. The summed E-state index contributed by atoms with van der Waals surface area (Å²) in [6.45, 7) is 0. The van der Waals surface area contributed by atoms with Crippen LogP contribution in [-0.4, -0.2) is 0 Å². The summed E-state index contributed by atoms with van der Waals surface area (Å²) in [4.78, 5) is 0. The number of rotatable bonds is 1. The summed E-state index contributed by atoms with van der Waals surface area (Å²) in [5.41, 5.74) is 3.16. The largest absolute Gasteiger partial charge is 0.473 e. The van der Waals surface area contributed by atoms with Crippen molar-refractivity contribution in [1.82, 2.24) is 0 Å². The zero-order chi connectivity index (χ0) is 11.0. The van der Waals surface area contributed by atoms with Gasteiger partial charge in [0.15, 0.2) is 0 Å². The van der Waals surface area contributed by atoms with E-state index >= 15 is 0 Å². The van der Waals surface area contributed by atoms with Crippen LogP contribution in [0, 0.1) is 0 Å². The Bertz CT molecular complexity index is 551. The lowest BCUT2D eigenvalue weighted by atomic mass is 9.97. The molecule has 1 heterocycles. The Kier molecular flexibility index (Phi) is 2.23. The molecule has 1 unspecified atom stereocenters. The van der Waals surface area contributed by atoms with Crippen molar-refractivity contribution in [2.45, 2.75) is 5.85 Å². The number of para-hydroxylation sites is 1. The summed E-state index contributed by atoms with van der Waals surface area (Å²) in [5, 5.41) is 0. The molecule has 1 aliphatic heterocycles. The zero-order valence-electron chi connectivity index (χ0n) is 8.46. The van der Waals surface area contributed by atoms with E-state index in [0.29, 0.717) is 0 Å². The minimum Gasteiger partial charge on any atom is -0.473 e. The lowest BCUT2D eigenvalue weighted by molar-refractivity contribution is 0.283.